The molecule has 1 fully saturated rings. The number of carbonyl (C=O) groups is 4. The van der Waals surface area contributed by atoms with Gasteiger partial charge in [-0.1, -0.05) is 30.3 Å². The molecule has 10 heteroatoms. The molecule has 0 radical (unpaired) electrons. The van der Waals surface area contributed by atoms with Gasteiger partial charge >= 0.3 is 0 Å². The molecule has 0 saturated carbocycles. The van der Waals surface area contributed by atoms with Crippen LogP contribution in [-0.2, 0) is 33.8 Å². The normalized spacial score (nSPS) is 17.3. The highest BCUT2D eigenvalue weighted by atomic mass is 32.1. The minimum Gasteiger partial charge on any atom is -0.322 e. The Morgan fingerprint density at radius 3 is 2.77 bits per heavy atom. The summed E-state index contributed by atoms with van der Waals surface area (Å²) in [5.41, 5.74) is 1.93. The number of anilines is 1. The zero-order valence-electron chi connectivity index (χ0n) is 18.5. The fourth-order valence-corrected chi connectivity index (χ4v) is 5.21. The number of imide groups is 1. The van der Waals surface area contributed by atoms with Crippen molar-refractivity contribution in [1.82, 2.24) is 15.2 Å². The monoisotopic (exact) mass is 492 g/mol. The van der Waals surface area contributed by atoms with Crippen LogP contribution in [0.15, 0.2) is 48.7 Å². The molecule has 2 aliphatic rings. The van der Waals surface area contributed by atoms with Crippen molar-refractivity contribution in [2.24, 2.45) is 0 Å². The molecule has 5 rings (SSSR count). The van der Waals surface area contributed by atoms with Gasteiger partial charge < -0.3 is 10.2 Å². The average Bonchev–Trinajstić information content (AvgIpc) is 3.38. The predicted octanol–water partition coefficient (Wildman–Crippen LogP) is 2.82. The summed E-state index contributed by atoms with van der Waals surface area (Å²) in [4.78, 5) is 55.7. The molecule has 0 spiro atoms. The summed E-state index contributed by atoms with van der Waals surface area (Å²) in [6.45, 7) is 0.0765. The van der Waals surface area contributed by atoms with Crippen LogP contribution in [0.2, 0.25) is 0 Å². The smallest absolute Gasteiger partial charge is 0.255 e. The SMILES string of the molecule is O=C1CCC(N2Cc3cc(F)c(CC(=O)Nc4ncc(Cc5ccccc5)s4)cc3C2=O)C(=O)N1. The first-order valence-corrected chi connectivity index (χ1v) is 11.9. The van der Waals surface area contributed by atoms with E-state index in [-0.39, 0.29) is 42.8 Å². The summed E-state index contributed by atoms with van der Waals surface area (Å²) in [5.74, 6) is -2.36. The van der Waals surface area contributed by atoms with Gasteiger partial charge in [-0.15, -0.1) is 11.3 Å². The maximum atomic E-state index is 14.8. The number of thiazole rings is 1. The number of rotatable bonds is 6. The molecular formula is C25H21FN4O4S. The molecular weight excluding hydrogens is 471 g/mol. The van der Waals surface area contributed by atoms with Crippen LogP contribution in [0.25, 0.3) is 0 Å². The van der Waals surface area contributed by atoms with E-state index in [0.717, 1.165) is 10.4 Å². The molecule has 35 heavy (non-hydrogen) atoms. The van der Waals surface area contributed by atoms with Gasteiger partial charge in [0.2, 0.25) is 17.7 Å². The number of nitrogens with one attached hydrogen (secondary N) is 2. The Bertz CT molecular complexity index is 1340. The number of nitrogens with zero attached hydrogens (tertiary/aromatic N) is 2. The van der Waals surface area contributed by atoms with E-state index in [1.807, 2.05) is 30.3 Å². The third-order valence-electron chi connectivity index (χ3n) is 6.06. The van der Waals surface area contributed by atoms with Crippen molar-refractivity contribution >= 4 is 40.1 Å². The molecule has 0 bridgehead atoms. The highest BCUT2D eigenvalue weighted by Crippen LogP contribution is 2.30. The lowest BCUT2D eigenvalue weighted by molar-refractivity contribution is -0.137. The van der Waals surface area contributed by atoms with Gasteiger partial charge in [0, 0.05) is 36.0 Å². The Hall–Kier alpha value is -3.92. The first-order chi connectivity index (χ1) is 16.9. The number of aromatic nitrogens is 1. The van der Waals surface area contributed by atoms with Crippen molar-refractivity contribution in [3.8, 4) is 0 Å². The Labute approximate surface area is 204 Å². The molecule has 3 aromatic rings. The molecule has 0 aliphatic carbocycles. The average molecular weight is 493 g/mol. The van der Waals surface area contributed by atoms with Gasteiger partial charge in [0.1, 0.15) is 11.9 Å². The van der Waals surface area contributed by atoms with Gasteiger partial charge in [-0.3, -0.25) is 24.5 Å². The number of hydrogen-bond acceptors (Lipinski definition) is 6. The summed E-state index contributed by atoms with van der Waals surface area (Å²) < 4.78 is 14.8. The number of halogens is 1. The van der Waals surface area contributed by atoms with Gasteiger partial charge in [-0.2, -0.15) is 0 Å². The van der Waals surface area contributed by atoms with Crippen molar-refractivity contribution in [1.29, 1.82) is 0 Å². The first-order valence-electron chi connectivity index (χ1n) is 11.1. The Balaban J connectivity index is 1.25. The molecule has 3 heterocycles. The Morgan fingerprint density at radius 1 is 1.20 bits per heavy atom. The largest absolute Gasteiger partial charge is 0.322 e. The van der Waals surface area contributed by atoms with Crippen LogP contribution in [0, 0.1) is 5.82 Å². The number of piperidine rings is 1. The standard InChI is InChI=1S/C25H21FN4O4S/c26-19-10-16-13-30(20-6-7-21(31)28-23(20)33)24(34)18(16)9-15(19)11-22(32)29-25-27-12-17(35-25)8-14-4-2-1-3-5-14/h1-5,9-10,12,20H,6-8,11,13H2,(H,27,29,32)(H,28,31,33). The number of hydrogen-bond donors (Lipinski definition) is 2. The van der Waals surface area contributed by atoms with E-state index in [0.29, 0.717) is 17.1 Å². The molecule has 2 aromatic carbocycles. The highest BCUT2D eigenvalue weighted by molar-refractivity contribution is 7.15. The van der Waals surface area contributed by atoms with E-state index in [2.05, 4.69) is 15.6 Å². The van der Waals surface area contributed by atoms with Gasteiger partial charge in [-0.05, 0) is 35.2 Å². The lowest BCUT2D eigenvalue weighted by Gasteiger charge is -2.29. The summed E-state index contributed by atoms with van der Waals surface area (Å²) in [7, 11) is 0. The zero-order chi connectivity index (χ0) is 24.5. The molecule has 2 aliphatic heterocycles. The third kappa shape index (κ3) is 4.83. The van der Waals surface area contributed by atoms with Crippen molar-refractivity contribution in [3.05, 3.63) is 81.6 Å². The van der Waals surface area contributed by atoms with Crippen LogP contribution in [-0.4, -0.2) is 39.6 Å². The summed E-state index contributed by atoms with van der Waals surface area (Å²) in [6, 6.07) is 11.7. The van der Waals surface area contributed by atoms with Crippen LogP contribution in [0.3, 0.4) is 0 Å². The second-order valence-electron chi connectivity index (χ2n) is 8.52. The zero-order valence-corrected chi connectivity index (χ0v) is 19.4. The summed E-state index contributed by atoms with van der Waals surface area (Å²) in [5, 5.41) is 5.35. The van der Waals surface area contributed by atoms with Gasteiger partial charge in [0.15, 0.2) is 5.13 Å². The lowest BCUT2D eigenvalue weighted by Crippen LogP contribution is -2.52. The van der Waals surface area contributed by atoms with E-state index in [9.17, 15) is 23.6 Å². The van der Waals surface area contributed by atoms with Gasteiger partial charge in [0.25, 0.3) is 5.91 Å². The van der Waals surface area contributed by atoms with E-state index in [1.54, 1.807) is 6.20 Å². The molecule has 1 aromatic heterocycles. The molecule has 1 saturated heterocycles. The summed E-state index contributed by atoms with van der Waals surface area (Å²) >= 11 is 1.35. The van der Waals surface area contributed by atoms with E-state index in [1.165, 1.54) is 28.4 Å². The van der Waals surface area contributed by atoms with Crippen molar-refractivity contribution in [2.45, 2.75) is 38.3 Å². The van der Waals surface area contributed by atoms with Crippen LogP contribution in [0.1, 0.15) is 44.8 Å². The minimum absolute atomic E-state index is 0.0765. The molecule has 4 amide bonds. The maximum absolute atomic E-state index is 14.8. The Morgan fingerprint density at radius 2 is 2.00 bits per heavy atom. The number of carbonyl (C=O) groups excluding carboxylic acids is 4. The highest BCUT2D eigenvalue weighted by Gasteiger charge is 2.39. The number of benzene rings is 2. The second kappa shape index (κ2) is 9.38. The molecule has 1 atom stereocenters. The van der Waals surface area contributed by atoms with Gasteiger partial charge in [0.05, 0.1) is 6.42 Å². The Kier molecular flexibility index (Phi) is 6.12. The minimum atomic E-state index is -0.780. The quantitative estimate of drug-likeness (QED) is 0.515. The molecule has 1 unspecified atom stereocenters. The molecule has 8 nitrogen and oxygen atoms in total. The topological polar surface area (TPSA) is 108 Å². The number of amides is 4. The van der Waals surface area contributed by atoms with Gasteiger partial charge in [-0.25, -0.2) is 9.37 Å². The molecule has 2 N–H and O–H groups in total. The van der Waals surface area contributed by atoms with E-state index in [4.69, 9.17) is 0 Å². The van der Waals surface area contributed by atoms with Crippen molar-refractivity contribution < 1.29 is 23.6 Å². The van der Waals surface area contributed by atoms with E-state index < -0.39 is 29.6 Å². The second-order valence-corrected chi connectivity index (χ2v) is 9.63. The lowest BCUT2D eigenvalue weighted by atomic mass is 10.0. The first kappa shape index (κ1) is 22.9. The van der Waals surface area contributed by atoms with Crippen molar-refractivity contribution in [3.63, 3.8) is 0 Å². The number of fused-ring (bicyclic) bond motifs is 1. The van der Waals surface area contributed by atoms with Crippen LogP contribution >= 0.6 is 11.3 Å². The fraction of sp³-hybridized carbons (Fsp3) is 0.240. The van der Waals surface area contributed by atoms with E-state index >= 15 is 0 Å². The van der Waals surface area contributed by atoms with Crippen LogP contribution < -0.4 is 10.6 Å². The summed E-state index contributed by atoms with van der Waals surface area (Å²) in [6.07, 6.45) is 2.49. The maximum Gasteiger partial charge on any atom is 0.255 e. The van der Waals surface area contributed by atoms with Crippen LogP contribution in [0.4, 0.5) is 9.52 Å². The third-order valence-corrected chi connectivity index (χ3v) is 6.98. The van der Waals surface area contributed by atoms with Crippen molar-refractivity contribution in [2.75, 3.05) is 5.32 Å². The van der Waals surface area contributed by atoms with Crippen LogP contribution in [0.5, 0.6) is 0 Å². The predicted molar refractivity (Wildman–Crippen MR) is 126 cm³/mol. The molecule has 178 valence electrons. The fourth-order valence-electron chi connectivity index (χ4n) is 4.35.